The van der Waals surface area contributed by atoms with E-state index in [2.05, 4.69) is 5.32 Å². The number of anilines is 1. The second-order valence-electron chi connectivity index (χ2n) is 5.52. The Morgan fingerprint density at radius 3 is 2.67 bits per heavy atom. The van der Waals surface area contributed by atoms with Crippen molar-refractivity contribution in [2.75, 3.05) is 26.0 Å². The first-order valence-electron chi connectivity index (χ1n) is 7.54. The number of benzene rings is 2. The molecule has 2 aromatic rings. The van der Waals surface area contributed by atoms with E-state index in [0.717, 1.165) is 23.4 Å². The SMILES string of the molecule is COc1cccc(CN(C)CCC(=O)Nc2ccc(F)c(F)c2)c1. The number of carbonyl (C=O) groups excluding carboxylic acids is 1. The number of hydrogen-bond donors (Lipinski definition) is 1. The van der Waals surface area contributed by atoms with Crippen molar-refractivity contribution < 1.29 is 18.3 Å². The van der Waals surface area contributed by atoms with Crippen molar-refractivity contribution in [1.82, 2.24) is 4.90 Å². The lowest BCUT2D eigenvalue weighted by atomic mass is 10.2. The Kier molecular flexibility index (Phi) is 6.26. The topological polar surface area (TPSA) is 41.6 Å². The number of nitrogens with one attached hydrogen (secondary N) is 1. The van der Waals surface area contributed by atoms with Gasteiger partial charge in [0.25, 0.3) is 0 Å². The summed E-state index contributed by atoms with van der Waals surface area (Å²) in [5.74, 6) is -1.38. The highest BCUT2D eigenvalue weighted by Gasteiger charge is 2.08. The van der Waals surface area contributed by atoms with E-state index in [9.17, 15) is 13.6 Å². The van der Waals surface area contributed by atoms with Gasteiger partial charge in [-0.1, -0.05) is 12.1 Å². The fourth-order valence-corrected chi connectivity index (χ4v) is 2.25. The third kappa shape index (κ3) is 5.31. The van der Waals surface area contributed by atoms with Crippen LogP contribution in [0.4, 0.5) is 14.5 Å². The summed E-state index contributed by atoms with van der Waals surface area (Å²) in [6, 6.07) is 11.0. The number of carbonyl (C=O) groups is 1. The molecule has 2 aromatic carbocycles. The van der Waals surface area contributed by atoms with Crippen LogP contribution in [0.5, 0.6) is 5.75 Å². The molecule has 0 aliphatic rings. The van der Waals surface area contributed by atoms with Crippen LogP contribution in [0.1, 0.15) is 12.0 Å². The zero-order valence-corrected chi connectivity index (χ0v) is 13.7. The van der Waals surface area contributed by atoms with Gasteiger partial charge in [0.15, 0.2) is 11.6 Å². The van der Waals surface area contributed by atoms with Crippen LogP contribution in [-0.4, -0.2) is 31.5 Å². The van der Waals surface area contributed by atoms with Crippen molar-refractivity contribution in [3.8, 4) is 5.75 Å². The molecule has 0 aliphatic heterocycles. The molecule has 0 unspecified atom stereocenters. The van der Waals surface area contributed by atoms with E-state index in [1.807, 2.05) is 36.2 Å². The first kappa shape index (κ1) is 17.9. The van der Waals surface area contributed by atoms with Gasteiger partial charge in [-0.25, -0.2) is 8.78 Å². The van der Waals surface area contributed by atoms with E-state index in [-0.39, 0.29) is 18.0 Å². The predicted molar refractivity (Wildman–Crippen MR) is 88.9 cm³/mol. The van der Waals surface area contributed by atoms with Crippen LogP contribution in [0.25, 0.3) is 0 Å². The van der Waals surface area contributed by atoms with Gasteiger partial charge in [0.05, 0.1) is 7.11 Å². The first-order valence-corrected chi connectivity index (χ1v) is 7.54. The summed E-state index contributed by atoms with van der Waals surface area (Å²) in [6.45, 7) is 1.21. The van der Waals surface area contributed by atoms with E-state index in [1.54, 1.807) is 7.11 Å². The Labute approximate surface area is 140 Å². The molecule has 0 aromatic heterocycles. The molecule has 2 rings (SSSR count). The second-order valence-corrected chi connectivity index (χ2v) is 5.52. The van der Waals surface area contributed by atoms with Crippen LogP contribution in [0.3, 0.4) is 0 Å². The first-order chi connectivity index (χ1) is 11.5. The Bertz CT molecular complexity index is 707. The molecule has 6 heteroatoms. The lowest BCUT2D eigenvalue weighted by Crippen LogP contribution is -2.24. The summed E-state index contributed by atoms with van der Waals surface area (Å²) in [7, 11) is 3.52. The predicted octanol–water partition coefficient (Wildman–Crippen LogP) is 3.43. The van der Waals surface area contributed by atoms with Gasteiger partial charge >= 0.3 is 0 Å². The number of rotatable bonds is 7. The lowest BCUT2D eigenvalue weighted by Gasteiger charge is -2.17. The van der Waals surface area contributed by atoms with E-state index in [0.29, 0.717) is 13.1 Å². The molecule has 0 heterocycles. The van der Waals surface area contributed by atoms with Gasteiger partial charge < -0.3 is 15.0 Å². The van der Waals surface area contributed by atoms with Crippen LogP contribution in [0.15, 0.2) is 42.5 Å². The van der Waals surface area contributed by atoms with Crippen molar-refractivity contribution in [2.24, 2.45) is 0 Å². The van der Waals surface area contributed by atoms with Crippen LogP contribution in [-0.2, 0) is 11.3 Å². The number of amides is 1. The standard InChI is InChI=1S/C18H20F2N2O2/c1-22(12-13-4-3-5-15(10-13)24-2)9-8-18(23)21-14-6-7-16(19)17(20)11-14/h3-7,10-11H,8-9,12H2,1-2H3,(H,21,23). The molecule has 0 saturated carbocycles. The fourth-order valence-electron chi connectivity index (χ4n) is 2.25. The number of ether oxygens (including phenoxy) is 1. The van der Waals surface area contributed by atoms with E-state index in [4.69, 9.17) is 4.74 Å². The smallest absolute Gasteiger partial charge is 0.225 e. The molecule has 1 N–H and O–H groups in total. The molecule has 0 atom stereocenters. The minimum atomic E-state index is -0.983. The van der Waals surface area contributed by atoms with Crippen molar-refractivity contribution in [2.45, 2.75) is 13.0 Å². The van der Waals surface area contributed by atoms with Gasteiger partial charge in [-0.2, -0.15) is 0 Å². The zero-order chi connectivity index (χ0) is 17.5. The Morgan fingerprint density at radius 2 is 1.96 bits per heavy atom. The summed E-state index contributed by atoms with van der Waals surface area (Å²) >= 11 is 0. The fraction of sp³-hybridized carbons (Fsp3) is 0.278. The van der Waals surface area contributed by atoms with Gasteiger partial charge in [0.2, 0.25) is 5.91 Å². The Balaban J connectivity index is 1.81. The number of hydrogen-bond acceptors (Lipinski definition) is 3. The molecule has 0 aliphatic carbocycles. The Hall–Kier alpha value is -2.47. The summed E-state index contributed by atoms with van der Waals surface area (Å²) in [5.41, 5.74) is 1.33. The van der Waals surface area contributed by atoms with E-state index < -0.39 is 11.6 Å². The second kappa shape index (κ2) is 8.40. The Morgan fingerprint density at radius 1 is 1.17 bits per heavy atom. The van der Waals surface area contributed by atoms with Crippen molar-refractivity contribution in [3.63, 3.8) is 0 Å². The maximum Gasteiger partial charge on any atom is 0.225 e. The summed E-state index contributed by atoms with van der Waals surface area (Å²) < 4.78 is 31.1. The monoisotopic (exact) mass is 334 g/mol. The number of nitrogens with zero attached hydrogens (tertiary/aromatic N) is 1. The van der Waals surface area contributed by atoms with Crippen LogP contribution < -0.4 is 10.1 Å². The maximum atomic E-state index is 13.1. The largest absolute Gasteiger partial charge is 0.497 e. The van der Waals surface area contributed by atoms with Crippen molar-refractivity contribution in [3.05, 3.63) is 59.7 Å². The van der Waals surface area contributed by atoms with Gasteiger partial charge in [-0.3, -0.25) is 4.79 Å². The summed E-state index contributed by atoms with van der Waals surface area (Å²) in [5, 5.41) is 2.56. The molecule has 128 valence electrons. The quantitative estimate of drug-likeness (QED) is 0.843. The minimum Gasteiger partial charge on any atom is -0.497 e. The third-order valence-electron chi connectivity index (χ3n) is 3.51. The van der Waals surface area contributed by atoms with Crippen molar-refractivity contribution >= 4 is 11.6 Å². The maximum absolute atomic E-state index is 13.1. The highest BCUT2D eigenvalue weighted by molar-refractivity contribution is 5.90. The van der Waals surface area contributed by atoms with Gasteiger partial charge in [-0.05, 0) is 36.9 Å². The third-order valence-corrected chi connectivity index (χ3v) is 3.51. The highest BCUT2D eigenvalue weighted by atomic mass is 19.2. The van der Waals surface area contributed by atoms with E-state index >= 15 is 0 Å². The van der Waals surface area contributed by atoms with Crippen LogP contribution in [0, 0.1) is 11.6 Å². The molecule has 24 heavy (non-hydrogen) atoms. The van der Waals surface area contributed by atoms with Crippen LogP contribution >= 0.6 is 0 Å². The lowest BCUT2D eigenvalue weighted by molar-refractivity contribution is -0.116. The number of methoxy groups -OCH3 is 1. The molecule has 0 bridgehead atoms. The van der Waals surface area contributed by atoms with Crippen molar-refractivity contribution in [1.29, 1.82) is 0 Å². The molecular weight excluding hydrogens is 314 g/mol. The van der Waals surface area contributed by atoms with Crippen LogP contribution in [0.2, 0.25) is 0 Å². The molecule has 0 saturated heterocycles. The van der Waals surface area contributed by atoms with Gasteiger partial charge in [0, 0.05) is 31.3 Å². The molecular formula is C18H20F2N2O2. The molecule has 1 amide bonds. The average molecular weight is 334 g/mol. The molecule has 0 fully saturated rings. The zero-order valence-electron chi connectivity index (χ0n) is 13.7. The average Bonchev–Trinajstić information content (AvgIpc) is 2.56. The van der Waals surface area contributed by atoms with E-state index in [1.165, 1.54) is 6.07 Å². The minimum absolute atomic E-state index is 0.245. The molecule has 0 spiro atoms. The normalized spacial score (nSPS) is 10.7. The highest BCUT2D eigenvalue weighted by Crippen LogP contribution is 2.15. The van der Waals surface area contributed by atoms with Gasteiger partial charge in [0.1, 0.15) is 5.75 Å². The summed E-state index contributed by atoms with van der Waals surface area (Å²) in [6.07, 6.45) is 0.249. The van der Waals surface area contributed by atoms with Gasteiger partial charge in [-0.15, -0.1) is 0 Å². The molecule has 4 nitrogen and oxygen atoms in total. The summed E-state index contributed by atoms with van der Waals surface area (Å²) in [4.78, 5) is 13.9. The number of halogens is 2. The molecule has 0 radical (unpaired) electrons.